The number of benzene rings is 1. The fraction of sp³-hybridized carbons (Fsp3) is 0.682. The lowest BCUT2D eigenvalue weighted by Gasteiger charge is -2.26. The van der Waals surface area contributed by atoms with Crippen LogP contribution in [0.5, 0.6) is 5.75 Å². The number of aryl methyl sites for hydroxylation is 1. The number of ether oxygens (including phenoxy) is 3. The van der Waals surface area contributed by atoms with Gasteiger partial charge in [0, 0.05) is 51.9 Å². The van der Waals surface area contributed by atoms with E-state index in [4.69, 9.17) is 19.2 Å². The molecule has 1 fully saturated rings. The van der Waals surface area contributed by atoms with Crippen LogP contribution in [0.3, 0.4) is 0 Å². The topological polar surface area (TPSA) is 67.4 Å². The normalized spacial score (nSPS) is 15.3. The molecule has 0 aromatic heterocycles. The third-order valence-corrected chi connectivity index (χ3v) is 4.77. The van der Waals surface area contributed by atoms with Gasteiger partial charge in [0.25, 0.3) is 0 Å². The summed E-state index contributed by atoms with van der Waals surface area (Å²) >= 11 is 0. The standard InChI is InChI=1S/C22H38N4O3/c1-4-23-22(24-9-5-10-26-11-15-28-16-12-26)25-18-20-8-7-19(2)17-21(20)29-14-6-13-27-3/h7-8,17H,4-6,9-16,18H2,1-3H3,(H2,23,24,25). The average molecular weight is 407 g/mol. The minimum absolute atomic E-state index is 0.582. The van der Waals surface area contributed by atoms with E-state index in [-0.39, 0.29) is 0 Å². The maximum Gasteiger partial charge on any atom is 0.191 e. The van der Waals surface area contributed by atoms with Crippen molar-refractivity contribution in [1.82, 2.24) is 15.5 Å². The SMILES string of the molecule is CCNC(=NCc1ccc(C)cc1OCCCOC)NCCCN1CCOCC1. The van der Waals surface area contributed by atoms with Gasteiger partial charge in [-0.15, -0.1) is 0 Å². The van der Waals surface area contributed by atoms with Gasteiger partial charge in [-0.05, 0) is 38.4 Å². The zero-order chi connectivity index (χ0) is 20.7. The van der Waals surface area contributed by atoms with Gasteiger partial charge in [0.15, 0.2) is 5.96 Å². The number of nitrogens with one attached hydrogen (secondary N) is 2. The number of hydrogen-bond donors (Lipinski definition) is 2. The molecule has 0 saturated carbocycles. The van der Waals surface area contributed by atoms with Gasteiger partial charge in [-0.25, -0.2) is 4.99 Å². The minimum Gasteiger partial charge on any atom is -0.493 e. The molecule has 0 spiro atoms. The summed E-state index contributed by atoms with van der Waals surface area (Å²) in [5.41, 5.74) is 2.28. The summed E-state index contributed by atoms with van der Waals surface area (Å²) in [6.45, 7) is 12.7. The lowest BCUT2D eigenvalue weighted by Crippen LogP contribution is -2.40. The smallest absolute Gasteiger partial charge is 0.191 e. The molecule has 1 aromatic carbocycles. The molecule has 1 aliphatic rings. The molecule has 0 amide bonds. The van der Waals surface area contributed by atoms with E-state index in [0.29, 0.717) is 19.8 Å². The maximum absolute atomic E-state index is 5.97. The monoisotopic (exact) mass is 406 g/mol. The summed E-state index contributed by atoms with van der Waals surface area (Å²) in [6, 6.07) is 6.29. The fourth-order valence-electron chi connectivity index (χ4n) is 3.15. The molecule has 7 nitrogen and oxygen atoms in total. The molecule has 1 aliphatic heterocycles. The molecule has 0 unspecified atom stereocenters. The van der Waals surface area contributed by atoms with E-state index in [1.54, 1.807) is 7.11 Å². The van der Waals surface area contributed by atoms with E-state index in [9.17, 15) is 0 Å². The molecule has 0 radical (unpaired) electrons. The number of methoxy groups -OCH3 is 1. The largest absolute Gasteiger partial charge is 0.493 e. The van der Waals surface area contributed by atoms with Crippen molar-refractivity contribution in [2.75, 3.05) is 66.3 Å². The van der Waals surface area contributed by atoms with Gasteiger partial charge in [-0.1, -0.05) is 12.1 Å². The quantitative estimate of drug-likeness (QED) is 0.315. The summed E-state index contributed by atoms with van der Waals surface area (Å²) < 4.78 is 16.5. The van der Waals surface area contributed by atoms with Crippen LogP contribution in [-0.4, -0.2) is 77.1 Å². The molecular weight excluding hydrogens is 368 g/mol. The number of guanidine groups is 1. The second kappa shape index (κ2) is 14.2. The van der Waals surface area contributed by atoms with E-state index < -0.39 is 0 Å². The molecule has 29 heavy (non-hydrogen) atoms. The summed E-state index contributed by atoms with van der Waals surface area (Å²) in [5.74, 6) is 1.76. The number of morpholine rings is 1. The van der Waals surface area contributed by atoms with Crippen LogP contribution in [-0.2, 0) is 16.0 Å². The Morgan fingerprint density at radius 2 is 2.00 bits per heavy atom. The number of aliphatic imine (C=N–C) groups is 1. The van der Waals surface area contributed by atoms with E-state index in [2.05, 4.69) is 47.6 Å². The van der Waals surface area contributed by atoms with Crippen LogP contribution in [0.4, 0.5) is 0 Å². The summed E-state index contributed by atoms with van der Waals surface area (Å²) in [4.78, 5) is 7.21. The molecular formula is C22H38N4O3. The Balaban J connectivity index is 1.84. The Morgan fingerprint density at radius 1 is 1.17 bits per heavy atom. The molecule has 0 bridgehead atoms. The highest BCUT2D eigenvalue weighted by atomic mass is 16.5. The van der Waals surface area contributed by atoms with E-state index >= 15 is 0 Å². The molecule has 2 N–H and O–H groups in total. The third kappa shape index (κ3) is 9.47. The predicted octanol–water partition coefficient (Wildman–Crippen LogP) is 2.19. The Bertz CT molecular complexity index is 604. The van der Waals surface area contributed by atoms with Crippen molar-refractivity contribution in [2.24, 2.45) is 4.99 Å². The van der Waals surface area contributed by atoms with Crippen molar-refractivity contribution in [1.29, 1.82) is 0 Å². The second-order valence-electron chi connectivity index (χ2n) is 7.24. The summed E-state index contributed by atoms with van der Waals surface area (Å²) in [5, 5.41) is 6.77. The third-order valence-electron chi connectivity index (χ3n) is 4.77. The van der Waals surface area contributed by atoms with Gasteiger partial charge in [0.1, 0.15) is 5.75 Å². The van der Waals surface area contributed by atoms with Crippen LogP contribution >= 0.6 is 0 Å². The molecule has 2 rings (SSSR count). The Kier molecular flexibility index (Phi) is 11.5. The first-order valence-corrected chi connectivity index (χ1v) is 10.8. The first-order valence-electron chi connectivity index (χ1n) is 10.8. The highest BCUT2D eigenvalue weighted by Gasteiger charge is 2.09. The molecule has 0 aliphatic carbocycles. The van der Waals surface area contributed by atoms with Crippen LogP contribution in [0.15, 0.2) is 23.2 Å². The Hall–Kier alpha value is -1.83. The molecule has 1 heterocycles. The number of hydrogen-bond acceptors (Lipinski definition) is 5. The van der Waals surface area contributed by atoms with E-state index in [1.165, 1.54) is 5.56 Å². The van der Waals surface area contributed by atoms with Crippen LogP contribution < -0.4 is 15.4 Å². The Labute approximate surface area is 175 Å². The van der Waals surface area contributed by atoms with Gasteiger partial charge in [-0.2, -0.15) is 0 Å². The van der Waals surface area contributed by atoms with E-state index in [0.717, 1.165) is 76.1 Å². The molecule has 164 valence electrons. The molecule has 7 heteroatoms. The van der Waals surface area contributed by atoms with Crippen molar-refractivity contribution in [3.63, 3.8) is 0 Å². The zero-order valence-electron chi connectivity index (χ0n) is 18.3. The lowest BCUT2D eigenvalue weighted by molar-refractivity contribution is 0.0376. The number of nitrogens with zero attached hydrogens (tertiary/aromatic N) is 2. The maximum atomic E-state index is 5.97. The van der Waals surface area contributed by atoms with Crippen molar-refractivity contribution in [3.8, 4) is 5.75 Å². The van der Waals surface area contributed by atoms with Crippen molar-refractivity contribution in [2.45, 2.75) is 33.2 Å². The van der Waals surface area contributed by atoms with Crippen LogP contribution in [0.25, 0.3) is 0 Å². The fourth-order valence-corrected chi connectivity index (χ4v) is 3.15. The average Bonchev–Trinajstić information content (AvgIpc) is 2.74. The number of rotatable bonds is 12. The van der Waals surface area contributed by atoms with Crippen LogP contribution in [0, 0.1) is 6.92 Å². The van der Waals surface area contributed by atoms with Crippen molar-refractivity contribution >= 4 is 5.96 Å². The first kappa shape index (κ1) is 23.4. The molecule has 0 atom stereocenters. The van der Waals surface area contributed by atoms with Crippen molar-refractivity contribution in [3.05, 3.63) is 29.3 Å². The van der Waals surface area contributed by atoms with Gasteiger partial charge >= 0.3 is 0 Å². The van der Waals surface area contributed by atoms with Gasteiger partial charge in [0.2, 0.25) is 0 Å². The highest BCUT2D eigenvalue weighted by Crippen LogP contribution is 2.21. The van der Waals surface area contributed by atoms with Crippen molar-refractivity contribution < 1.29 is 14.2 Å². The highest BCUT2D eigenvalue weighted by molar-refractivity contribution is 5.79. The predicted molar refractivity (Wildman–Crippen MR) is 118 cm³/mol. The second-order valence-corrected chi connectivity index (χ2v) is 7.24. The lowest BCUT2D eigenvalue weighted by atomic mass is 10.1. The van der Waals surface area contributed by atoms with Gasteiger partial charge in [-0.3, -0.25) is 4.90 Å². The summed E-state index contributed by atoms with van der Waals surface area (Å²) in [6.07, 6.45) is 1.96. The minimum atomic E-state index is 0.582. The van der Waals surface area contributed by atoms with Crippen LogP contribution in [0.2, 0.25) is 0 Å². The first-order chi connectivity index (χ1) is 14.2. The van der Waals surface area contributed by atoms with Crippen LogP contribution in [0.1, 0.15) is 30.9 Å². The Morgan fingerprint density at radius 3 is 2.76 bits per heavy atom. The van der Waals surface area contributed by atoms with Gasteiger partial charge in [0.05, 0.1) is 26.4 Å². The van der Waals surface area contributed by atoms with E-state index in [1.807, 2.05) is 0 Å². The summed E-state index contributed by atoms with van der Waals surface area (Å²) in [7, 11) is 1.71. The molecule has 1 saturated heterocycles. The zero-order valence-corrected chi connectivity index (χ0v) is 18.3. The van der Waals surface area contributed by atoms with Gasteiger partial charge < -0.3 is 24.8 Å². The molecule has 1 aromatic rings.